The summed E-state index contributed by atoms with van der Waals surface area (Å²) in [6.07, 6.45) is 2.29. The van der Waals surface area contributed by atoms with E-state index >= 15 is 0 Å². The molecule has 3 rings (SSSR count). The Bertz CT molecular complexity index is 960. The lowest BCUT2D eigenvalue weighted by atomic mass is 9.97. The molecule has 2 N–H and O–H groups in total. The van der Waals surface area contributed by atoms with E-state index in [2.05, 4.69) is 31.9 Å². The molecule has 0 unspecified atom stereocenters. The number of hydrogen-bond donors (Lipinski definition) is 1. The second kappa shape index (κ2) is 6.90. The lowest BCUT2D eigenvalue weighted by molar-refractivity contribution is 0.519. The first-order valence-corrected chi connectivity index (χ1v) is 10.5. The van der Waals surface area contributed by atoms with Crippen LogP contribution in [0, 0.1) is 11.6 Å². The van der Waals surface area contributed by atoms with Gasteiger partial charge in [-0.15, -0.1) is 0 Å². The summed E-state index contributed by atoms with van der Waals surface area (Å²) in [6, 6.07) is 7.86. The standard InChI is InChI=1S/C17H13Br2F2NO2S/c18-11-4-9(5-12(19)8-11)13-2-1-3-14(13)10-6-15(20)17(16(21)7-10)25(22,23)24/h4-8H,1-3H2,(H2,22,23,24). The fourth-order valence-corrected chi connectivity index (χ4v) is 5.07. The molecule has 0 atom stereocenters. The van der Waals surface area contributed by atoms with E-state index in [4.69, 9.17) is 5.14 Å². The minimum Gasteiger partial charge on any atom is -0.224 e. The number of nitrogens with two attached hydrogens (primary N) is 1. The summed E-state index contributed by atoms with van der Waals surface area (Å²) < 4.78 is 52.8. The predicted octanol–water partition coefficient (Wildman–Crippen LogP) is 5.23. The van der Waals surface area contributed by atoms with Crippen LogP contribution < -0.4 is 5.14 Å². The zero-order chi connectivity index (χ0) is 18.4. The van der Waals surface area contributed by atoms with Gasteiger partial charge in [-0.25, -0.2) is 22.3 Å². The van der Waals surface area contributed by atoms with E-state index < -0.39 is 26.6 Å². The Morgan fingerprint density at radius 1 is 0.840 bits per heavy atom. The van der Waals surface area contributed by atoms with E-state index in [0.717, 1.165) is 50.6 Å². The highest BCUT2D eigenvalue weighted by Gasteiger charge is 2.25. The highest BCUT2D eigenvalue weighted by molar-refractivity contribution is 9.11. The van der Waals surface area contributed by atoms with Gasteiger partial charge < -0.3 is 0 Å². The zero-order valence-electron chi connectivity index (χ0n) is 12.8. The largest absolute Gasteiger partial charge is 0.243 e. The molecule has 1 aliphatic carbocycles. The fraction of sp³-hybridized carbons (Fsp3) is 0.176. The lowest BCUT2D eigenvalue weighted by Crippen LogP contribution is -2.16. The van der Waals surface area contributed by atoms with E-state index in [-0.39, 0.29) is 0 Å². The maximum Gasteiger partial charge on any atom is 0.243 e. The molecule has 2 aromatic carbocycles. The van der Waals surface area contributed by atoms with Gasteiger partial charge in [0.2, 0.25) is 10.0 Å². The first-order chi connectivity index (χ1) is 11.7. The highest BCUT2D eigenvalue weighted by atomic mass is 79.9. The molecule has 0 aliphatic heterocycles. The SMILES string of the molecule is NS(=O)(=O)c1c(F)cc(C2=C(c3cc(Br)cc(Br)c3)CCC2)cc1F. The van der Waals surface area contributed by atoms with Crippen LogP contribution in [-0.2, 0) is 10.0 Å². The Morgan fingerprint density at radius 2 is 1.28 bits per heavy atom. The average molecular weight is 493 g/mol. The van der Waals surface area contributed by atoms with Crippen molar-refractivity contribution in [1.82, 2.24) is 0 Å². The summed E-state index contributed by atoms with van der Waals surface area (Å²) in [5.74, 6) is -2.35. The van der Waals surface area contributed by atoms with E-state index in [1.54, 1.807) is 0 Å². The summed E-state index contributed by atoms with van der Waals surface area (Å²) in [4.78, 5) is -1.10. The molecule has 3 nitrogen and oxygen atoms in total. The van der Waals surface area contributed by atoms with Crippen molar-refractivity contribution in [3.8, 4) is 0 Å². The Morgan fingerprint density at radius 3 is 1.72 bits per heavy atom. The Kier molecular flexibility index (Phi) is 5.16. The van der Waals surface area contributed by atoms with Crippen molar-refractivity contribution in [1.29, 1.82) is 0 Å². The van der Waals surface area contributed by atoms with E-state index in [9.17, 15) is 17.2 Å². The van der Waals surface area contributed by atoms with Crippen LogP contribution in [-0.4, -0.2) is 8.42 Å². The monoisotopic (exact) mass is 491 g/mol. The maximum atomic E-state index is 14.2. The predicted molar refractivity (Wildman–Crippen MR) is 100 cm³/mol. The van der Waals surface area contributed by atoms with E-state index in [1.165, 1.54) is 0 Å². The number of allylic oxidation sites excluding steroid dienone is 2. The van der Waals surface area contributed by atoms with Crippen LogP contribution >= 0.6 is 31.9 Å². The molecular formula is C17H13Br2F2NO2S. The maximum absolute atomic E-state index is 14.2. The zero-order valence-corrected chi connectivity index (χ0v) is 16.8. The minimum atomic E-state index is -4.46. The van der Waals surface area contributed by atoms with E-state index in [1.807, 2.05) is 18.2 Å². The normalized spacial score (nSPS) is 15.1. The smallest absolute Gasteiger partial charge is 0.224 e. The van der Waals surface area contributed by atoms with Crippen LogP contribution in [0.1, 0.15) is 30.4 Å². The van der Waals surface area contributed by atoms with Gasteiger partial charge in [0.1, 0.15) is 11.6 Å². The number of primary sulfonamides is 1. The molecule has 0 bridgehead atoms. The first kappa shape index (κ1) is 18.7. The molecule has 0 fully saturated rings. The molecular weight excluding hydrogens is 480 g/mol. The molecule has 2 aromatic rings. The molecule has 25 heavy (non-hydrogen) atoms. The molecule has 0 radical (unpaired) electrons. The Hall–Kier alpha value is -1.09. The van der Waals surface area contributed by atoms with Crippen LogP contribution in [0.25, 0.3) is 11.1 Å². The molecule has 8 heteroatoms. The molecule has 0 saturated heterocycles. The van der Waals surface area contributed by atoms with Crippen molar-refractivity contribution in [3.63, 3.8) is 0 Å². The fourth-order valence-electron chi connectivity index (χ4n) is 3.11. The van der Waals surface area contributed by atoms with Gasteiger partial charge in [-0.2, -0.15) is 0 Å². The van der Waals surface area contributed by atoms with Crippen molar-refractivity contribution in [2.24, 2.45) is 5.14 Å². The van der Waals surface area contributed by atoms with E-state index in [0.29, 0.717) is 12.0 Å². The topological polar surface area (TPSA) is 60.2 Å². The van der Waals surface area contributed by atoms with Gasteiger partial charge >= 0.3 is 0 Å². The van der Waals surface area contributed by atoms with Crippen LogP contribution in [0.4, 0.5) is 8.78 Å². The van der Waals surface area contributed by atoms with Crippen molar-refractivity contribution in [2.45, 2.75) is 24.2 Å². The van der Waals surface area contributed by atoms with Crippen LogP contribution in [0.15, 0.2) is 44.2 Å². The highest BCUT2D eigenvalue weighted by Crippen LogP contribution is 2.41. The third-order valence-electron chi connectivity index (χ3n) is 4.06. The molecule has 0 amide bonds. The third kappa shape index (κ3) is 3.86. The summed E-state index contributed by atoms with van der Waals surface area (Å²) in [5.41, 5.74) is 3.09. The van der Waals surface area contributed by atoms with Crippen LogP contribution in [0.2, 0.25) is 0 Å². The number of rotatable bonds is 3. The van der Waals surface area contributed by atoms with Gasteiger partial charge in [0, 0.05) is 8.95 Å². The molecule has 132 valence electrons. The summed E-state index contributed by atoms with van der Waals surface area (Å²) in [6.45, 7) is 0. The van der Waals surface area contributed by atoms with Gasteiger partial charge in [0.05, 0.1) is 0 Å². The second-order valence-corrected chi connectivity index (χ2v) is 9.11. The van der Waals surface area contributed by atoms with Crippen LogP contribution in [0.5, 0.6) is 0 Å². The number of benzene rings is 2. The third-order valence-corrected chi connectivity index (χ3v) is 5.93. The lowest BCUT2D eigenvalue weighted by Gasteiger charge is -2.11. The molecule has 0 heterocycles. The van der Waals surface area contributed by atoms with Crippen LogP contribution in [0.3, 0.4) is 0 Å². The van der Waals surface area contributed by atoms with Gasteiger partial charge in [0.15, 0.2) is 4.90 Å². The summed E-state index contributed by atoms with van der Waals surface area (Å²) >= 11 is 6.88. The summed E-state index contributed by atoms with van der Waals surface area (Å²) in [7, 11) is -4.46. The summed E-state index contributed by atoms with van der Waals surface area (Å²) in [5, 5.41) is 4.88. The van der Waals surface area contributed by atoms with Gasteiger partial charge in [0.25, 0.3) is 0 Å². The molecule has 0 spiro atoms. The van der Waals surface area contributed by atoms with Crippen molar-refractivity contribution < 1.29 is 17.2 Å². The number of hydrogen-bond acceptors (Lipinski definition) is 2. The quantitative estimate of drug-likeness (QED) is 0.637. The van der Waals surface area contributed by atoms with Gasteiger partial charge in [-0.3, -0.25) is 0 Å². The van der Waals surface area contributed by atoms with Crippen molar-refractivity contribution in [3.05, 3.63) is 62.0 Å². The number of sulfonamides is 1. The van der Waals surface area contributed by atoms with Crippen molar-refractivity contribution in [2.75, 3.05) is 0 Å². The van der Waals surface area contributed by atoms with Crippen molar-refractivity contribution >= 4 is 53.0 Å². The van der Waals surface area contributed by atoms with Gasteiger partial charge in [-0.05, 0) is 71.9 Å². The Labute approximate surface area is 161 Å². The molecule has 0 aromatic heterocycles. The molecule has 1 aliphatic rings. The molecule has 0 saturated carbocycles. The van der Waals surface area contributed by atoms with Gasteiger partial charge in [-0.1, -0.05) is 31.9 Å². The first-order valence-electron chi connectivity index (χ1n) is 7.37. The second-order valence-electron chi connectivity index (χ2n) is 5.78. The minimum absolute atomic E-state index is 0.339. The average Bonchev–Trinajstić information content (AvgIpc) is 2.93. The Balaban J connectivity index is 2.17. The number of halogens is 4.